The second-order valence-corrected chi connectivity index (χ2v) is 7.22. The number of alkyl halides is 3. The van der Waals surface area contributed by atoms with Crippen LogP contribution in [0.4, 0.5) is 29.3 Å². The molecular formula is C20H21F3N4O2. The van der Waals surface area contributed by atoms with Crippen molar-refractivity contribution in [3.8, 4) is 11.5 Å². The fraction of sp³-hybridized carbons (Fsp3) is 0.350. The largest absolute Gasteiger partial charge is 0.453 e. The second kappa shape index (κ2) is 7.47. The first-order chi connectivity index (χ1) is 13.8. The van der Waals surface area contributed by atoms with E-state index in [-0.39, 0.29) is 11.8 Å². The Morgan fingerprint density at radius 1 is 1.07 bits per heavy atom. The number of likely N-dealkylation sites (N-methyl/N-ethyl adjacent to an activating group) is 1. The summed E-state index contributed by atoms with van der Waals surface area (Å²) in [6, 6.07) is 8.56. The van der Waals surface area contributed by atoms with Gasteiger partial charge in [0.1, 0.15) is 0 Å². The normalized spacial score (nSPS) is 16.3. The molecule has 0 atom stereocenters. The fourth-order valence-electron chi connectivity index (χ4n) is 3.31. The topological polar surface area (TPSA) is 56.8 Å². The predicted molar refractivity (Wildman–Crippen MR) is 103 cm³/mol. The van der Waals surface area contributed by atoms with Crippen molar-refractivity contribution in [2.75, 3.05) is 38.5 Å². The molecule has 154 valence electrons. The van der Waals surface area contributed by atoms with Crippen molar-refractivity contribution >= 4 is 17.4 Å². The van der Waals surface area contributed by atoms with Gasteiger partial charge in [0.25, 0.3) is 0 Å². The standard InChI is InChI=1S/C20H21F3N4O2/c1-26-6-8-27(9-7-26)19(28)24-12-13-2-4-15-17(10-13)29-18-11-14(20(21,22)23)3-5-16(18)25-15/h2-5,10-11,25H,6-9,12H2,1H3,(H,24,28). The highest BCUT2D eigenvalue weighted by Gasteiger charge is 2.32. The molecule has 29 heavy (non-hydrogen) atoms. The third-order valence-corrected chi connectivity index (χ3v) is 5.08. The number of urea groups is 1. The fourth-order valence-corrected chi connectivity index (χ4v) is 3.31. The molecule has 2 heterocycles. The summed E-state index contributed by atoms with van der Waals surface area (Å²) < 4.78 is 44.5. The van der Waals surface area contributed by atoms with Gasteiger partial charge in [-0.25, -0.2) is 4.79 Å². The number of fused-ring (bicyclic) bond motifs is 2. The molecule has 6 nitrogen and oxygen atoms in total. The van der Waals surface area contributed by atoms with E-state index in [0.29, 0.717) is 36.8 Å². The van der Waals surface area contributed by atoms with Gasteiger partial charge in [0, 0.05) is 32.7 Å². The minimum absolute atomic E-state index is 0.117. The molecule has 0 bridgehead atoms. The van der Waals surface area contributed by atoms with Gasteiger partial charge in [-0.1, -0.05) is 6.07 Å². The van der Waals surface area contributed by atoms with Crippen molar-refractivity contribution in [1.82, 2.24) is 15.1 Å². The van der Waals surface area contributed by atoms with Crippen molar-refractivity contribution in [1.29, 1.82) is 0 Å². The van der Waals surface area contributed by atoms with Crippen LogP contribution < -0.4 is 15.4 Å². The maximum Gasteiger partial charge on any atom is 0.416 e. The Labute approximate surface area is 166 Å². The van der Waals surface area contributed by atoms with Crippen molar-refractivity contribution < 1.29 is 22.7 Å². The monoisotopic (exact) mass is 406 g/mol. The number of anilines is 2. The number of halogens is 3. The molecular weight excluding hydrogens is 385 g/mol. The van der Waals surface area contributed by atoms with Crippen molar-refractivity contribution in [3.05, 3.63) is 47.5 Å². The van der Waals surface area contributed by atoms with E-state index in [1.165, 1.54) is 6.07 Å². The van der Waals surface area contributed by atoms with E-state index >= 15 is 0 Å². The highest BCUT2D eigenvalue weighted by molar-refractivity contribution is 5.77. The molecule has 2 aromatic carbocycles. The van der Waals surface area contributed by atoms with Crippen LogP contribution in [0, 0.1) is 0 Å². The van der Waals surface area contributed by atoms with E-state index in [9.17, 15) is 18.0 Å². The van der Waals surface area contributed by atoms with Gasteiger partial charge in [-0.05, 0) is 42.9 Å². The van der Waals surface area contributed by atoms with Gasteiger partial charge in [0.05, 0.1) is 16.9 Å². The van der Waals surface area contributed by atoms with Gasteiger partial charge in [-0.2, -0.15) is 13.2 Å². The molecule has 0 saturated carbocycles. The Hall–Kier alpha value is -2.94. The van der Waals surface area contributed by atoms with E-state index in [2.05, 4.69) is 15.5 Å². The highest BCUT2D eigenvalue weighted by Crippen LogP contribution is 2.44. The van der Waals surface area contributed by atoms with Crippen LogP contribution >= 0.6 is 0 Å². The number of hydrogen-bond donors (Lipinski definition) is 2. The summed E-state index contributed by atoms with van der Waals surface area (Å²) >= 11 is 0. The first-order valence-corrected chi connectivity index (χ1v) is 9.30. The number of rotatable bonds is 2. The number of carbonyl (C=O) groups is 1. The average Bonchev–Trinajstić information content (AvgIpc) is 2.69. The van der Waals surface area contributed by atoms with Crippen LogP contribution in [0.2, 0.25) is 0 Å². The van der Waals surface area contributed by atoms with Gasteiger partial charge in [-0.3, -0.25) is 0 Å². The Balaban J connectivity index is 1.43. The van der Waals surface area contributed by atoms with E-state index in [4.69, 9.17) is 4.74 Å². The van der Waals surface area contributed by atoms with Crippen LogP contribution in [0.3, 0.4) is 0 Å². The van der Waals surface area contributed by atoms with Gasteiger partial charge in [-0.15, -0.1) is 0 Å². The van der Waals surface area contributed by atoms with Crippen LogP contribution in [-0.2, 0) is 12.7 Å². The number of ether oxygens (including phenoxy) is 1. The highest BCUT2D eigenvalue weighted by atomic mass is 19.4. The molecule has 1 fully saturated rings. The summed E-state index contributed by atoms with van der Waals surface area (Å²) in [4.78, 5) is 16.2. The maximum absolute atomic E-state index is 12.9. The first kappa shape index (κ1) is 19.4. The number of amides is 2. The van der Waals surface area contributed by atoms with E-state index < -0.39 is 11.7 Å². The minimum atomic E-state index is -4.44. The first-order valence-electron chi connectivity index (χ1n) is 9.30. The second-order valence-electron chi connectivity index (χ2n) is 7.22. The molecule has 2 N–H and O–H groups in total. The molecule has 1 saturated heterocycles. The summed E-state index contributed by atoms with van der Waals surface area (Å²) in [7, 11) is 2.02. The molecule has 0 unspecified atom stereocenters. The lowest BCUT2D eigenvalue weighted by molar-refractivity contribution is -0.137. The molecule has 4 rings (SSSR count). The molecule has 2 aliphatic heterocycles. The quantitative estimate of drug-likeness (QED) is 0.675. The summed E-state index contributed by atoms with van der Waals surface area (Å²) in [5, 5.41) is 5.96. The Morgan fingerprint density at radius 3 is 2.41 bits per heavy atom. The number of carbonyl (C=O) groups excluding carboxylic acids is 1. The molecule has 2 aliphatic rings. The molecule has 9 heteroatoms. The number of benzene rings is 2. The summed E-state index contributed by atoms with van der Waals surface area (Å²) in [6.07, 6.45) is -4.44. The van der Waals surface area contributed by atoms with Crippen molar-refractivity contribution in [2.45, 2.75) is 12.7 Å². The van der Waals surface area contributed by atoms with Crippen LogP contribution in [0.25, 0.3) is 0 Å². The average molecular weight is 406 g/mol. The molecule has 2 aromatic rings. The number of nitrogens with zero attached hydrogens (tertiary/aromatic N) is 2. The Bertz CT molecular complexity index is 924. The third kappa shape index (κ3) is 4.24. The van der Waals surface area contributed by atoms with Crippen LogP contribution in [0.5, 0.6) is 11.5 Å². The summed E-state index contributed by atoms with van der Waals surface area (Å²) in [5.41, 5.74) is 1.16. The summed E-state index contributed by atoms with van der Waals surface area (Å²) in [6.45, 7) is 3.34. The van der Waals surface area contributed by atoms with Crippen molar-refractivity contribution in [3.63, 3.8) is 0 Å². The molecule has 0 aromatic heterocycles. The zero-order valence-corrected chi connectivity index (χ0v) is 15.8. The van der Waals surface area contributed by atoms with Crippen LogP contribution in [0.1, 0.15) is 11.1 Å². The molecule has 0 spiro atoms. The van der Waals surface area contributed by atoms with E-state index in [1.54, 1.807) is 17.0 Å². The van der Waals surface area contributed by atoms with Gasteiger partial charge in [0.15, 0.2) is 11.5 Å². The van der Waals surface area contributed by atoms with Crippen molar-refractivity contribution in [2.24, 2.45) is 0 Å². The Kier molecular flexibility index (Phi) is 4.99. The van der Waals surface area contributed by atoms with Crippen LogP contribution in [-0.4, -0.2) is 49.1 Å². The van der Waals surface area contributed by atoms with Gasteiger partial charge < -0.3 is 25.2 Å². The third-order valence-electron chi connectivity index (χ3n) is 5.08. The van der Waals surface area contributed by atoms with E-state index in [0.717, 1.165) is 30.8 Å². The maximum atomic E-state index is 12.9. The number of nitrogens with one attached hydrogen (secondary N) is 2. The Morgan fingerprint density at radius 2 is 1.72 bits per heavy atom. The zero-order valence-electron chi connectivity index (χ0n) is 15.8. The van der Waals surface area contributed by atoms with Gasteiger partial charge in [0.2, 0.25) is 0 Å². The van der Waals surface area contributed by atoms with Crippen LogP contribution in [0.15, 0.2) is 36.4 Å². The summed E-state index contributed by atoms with van der Waals surface area (Å²) in [5.74, 6) is 0.536. The molecule has 0 radical (unpaired) electrons. The van der Waals surface area contributed by atoms with E-state index in [1.807, 2.05) is 13.1 Å². The smallest absolute Gasteiger partial charge is 0.416 e. The lowest BCUT2D eigenvalue weighted by atomic mass is 10.1. The lowest BCUT2D eigenvalue weighted by Gasteiger charge is -2.32. The van der Waals surface area contributed by atoms with Gasteiger partial charge >= 0.3 is 12.2 Å². The molecule has 0 aliphatic carbocycles. The minimum Gasteiger partial charge on any atom is -0.453 e. The lowest BCUT2D eigenvalue weighted by Crippen LogP contribution is -2.50. The molecule has 2 amide bonds. The zero-order chi connectivity index (χ0) is 20.6. The number of piperazine rings is 1. The number of hydrogen-bond acceptors (Lipinski definition) is 4. The SMILES string of the molecule is CN1CCN(C(=O)NCc2ccc3c(c2)Oc2cc(C(F)(F)F)ccc2N3)CC1. The predicted octanol–water partition coefficient (Wildman–Crippen LogP) is 4.01.